The van der Waals surface area contributed by atoms with E-state index in [2.05, 4.69) is 5.32 Å². The molecule has 0 fully saturated rings. The van der Waals surface area contributed by atoms with Crippen molar-refractivity contribution in [2.24, 2.45) is 5.73 Å². The van der Waals surface area contributed by atoms with Crippen LogP contribution in [0.1, 0.15) is 35.9 Å². The first-order valence-electron chi connectivity index (χ1n) is 5.20. The Morgan fingerprint density at radius 3 is 2.69 bits per heavy atom. The number of carbonyl (C=O) groups is 2. The lowest BCUT2D eigenvalue weighted by Crippen LogP contribution is -2.44. The number of aryl methyl sites for hydroxylation is 1. The van der Waals surface area contributed by atoms with E-state index in [0.29, 0.717) is 17.7 Å². The highest BCUT2D eigenvalue weighted by atomic mass is 16.3. The van der Waals surface area contributed by atoms with Gasteiger partial charge >= 0.3 is 0 Å². The van der Waals surface area contributed by atoms with Crippen LogP contribution >= 0.6 is 0 Å². The molecule has 1 unspecified atom stereocenters. The maximum atomic E-state index is 11.7. The van der Waals surface area contributed by atoms with Crippen LogP contribution in [-0.4, -0.2) is 17.9 Å². The summed E-state index contributed by atoms with van der Waals surface area (Å²) >= 11 is 0. The second-order valence-electron chi connectivity index (χ2n) is 3.66. The standard InChI is InChI=1S/C11H16N2O3/c1-3-4-9(10(12)14)13-11(15)8-5-7(2)16-6-8/h5-6,9H,3-4H2,1-2H3,(H2,12,14)(H,13,15). The van der Waals surface area contributed by atoms with Crippen molar-refractivity contribution < 1.29 is 14.0 Å². The first kappa shape index (κ1) is 12.3. The predicted molar refractivity (Wildman–Crippen MR) is 58.8 cm³/mol. The fraction of sp³-hybridized carbons (Fsp3) is 0.455. The zero-order valence-electron chi connectivity index (χ0n) is 9.45. The fourth-order valence-corrected chi connectivity index (χ4v) is 1.38. The average molecular weight is 224 g/mol. The van der Waals surface area contributed by atoms with E-state index in [1.165, 1.54) is 6.26 Å². The van der Waals surface area contributed by atoms with Gasteiger partial charge in [-0.25, -0.2) is 0 Å². The lowest BCUT2D eigenvalue weighted by molar-refractivity contribution is -0.120. The van der Waals surface area contributed by atoms with Crippen molar-refractivity contribution in [3.05, 3.63) is 23.7 Å². The molecule has 0 spiro atoms. The Kier molecular flexibility index (Phi) is 4.10. The summed E-state index contributed by atoms with van der Waals surface area (Å²) in [7, 11) is 0. The van der Waals surface area contributed by atoms with Crippen molar-refractivity contribution in [2.45, 2.75) is 32.7 Å². The van der Waals surface area contributed by atoms with Crippen LogP contribution in [0.4, 0.5) is 0 Å². The van der Waals surface area contributed by atoms with Gasteiger partial charge in [0.1, 0.15) is 18.1 Å². The van der Waals surface area contributed by atoms with E-state index in [9.17, 15) is 9.59 Å². The van der Waals surface area contributed by atoms with Crippen LogP contribution in [0, 0.1) is 6.92 Å². The maximum Gasteiger partial charge on any atom is 0.255 e. The number of carbonyl (C=O) groups excluding carboxylic acids is 2. The third kappa shape index (κ3) is 3.12. The fourth-order valence-electron chi connectivity index (χ4n) is 1.38. The van der Waals surface area contributed by atoms with Gasteiger partial charge in [0.05, 0.1) is 5.56 Å². The molecule has 88 valence electrons. The normalized spacial score (nSPS) is 12.1. The number of nitrogens with one attached hydrogen (secondary N) is 1. The average Bonchev–Trinajstić information content (AvgIpc) is 2.64. The van der Waals surface area contributed by atoms with Crippen molar-refractivity contribution in [2.75, 3.05) is 0 Å². The van der Waals surface area contributed by atoms with Crippen molar-refractivity contribution in [1.29, 1.82) is 0 Å². The van der Waals surface area contributed by atoms with E-state index < -0.39 is 11.9 Å². The summed E-state index contributed by atoms with van der Waals surface area (Å²) in [6.07, 6.45) is 2.67. The molecule has 0 aliphatic rings. The summed E-state index contributed by atoms with van der Waals surface area (Å²) in [6.45, 7) is 3.67. The SMILES string of the molecule is CCCC(NC(=O)c1coc(C)c1)C(N)=O. The first-order chi connectivity index (χ1) is 7.54. The summed E-state index contributed by atoms with van der Waals surface area (Å²) < 4.78 is 5.01. The summed E-state index contributed by atoms with van der Waals surface area (Å²) in [5.74, 6) is -0.208. The molecular weight excluding hydrogens is 208 g/mol. The minimum Gasteiger partial charge on any atom is -0.469 e. The Labute approximate surface area is 94.0 Å². The molecule has 5 nitrogen and oxygen atoms in total. The van der Waals surface area contributed by atoms with Crippen LogP contribution < -0.4 is 11.1 Å². The van der Waals surface area contributed by atoms with Gasteiger partial charge in [-0.1, -0.05) is 13.3 Å². The van der Waals surface area contributed by atoms with Crippen LogP contribution in [0.3, 0.4) is 0 Å². The molecule has 1 atom stereocenters. The highest BCUT2D eigenvalue weighted by Gasteiger charge is 2.18. The van der Waals surface area contributed by atoms with Gasteiger partial charge in [0, 0.05) is 0 Å². The molecule has 3 N–H and O–H groups in total. The first-order valence-corrected chi connectivity index (χ1v) is 5.20. The highest BCUT2D eigenvalue weighted by Crippen LogP contribution is 2.07. The molecule has 1 aromatic rings. The smallest absolute Gasteiger partial charge is 0.255 e. The van der Waals surface area contributed by atoms with Gasteiger partial charge in [-0.15, -0.1) is 0 Å². The van der Waals surface area contributed by atoms with Crippen LogP contribution in [0.5, 0.6) is 0 Å². The second kappa shape index (κ2) is 5.34. The van der Waals surface area contributed by atoms with Crippen LogP contribution in [0.15, 0.2) is 16.7 Å². The molecule has 0 aliphatic heterocycles. The van der Waals surface area contributed by atoms with Gasteiger partial charge in [-0.2, -0.15) is 0 Å². The third-order valence-corrected chi connectivity index (χ3v) is 2.22. The summed E-state index contributed by atoms with van der Waals surface area (Å²) in [5.41, 5.74) is 5.58. The number of amides is 2. The number of hydrogen-bond acceptors (Lipinski definition) is 3. The molecule has 0 aliphatic carbocycles. The van der Waals surface area contributed by atoms with E-state index >= 15 is 0 Å². The monoisotopic (exact) mass is 224 g/mol. The zero-order valence-corrected chi connectivity index (χ0v) is 9.45. The number of furan rings is 1. The van der Waals surface area contributed by atoms with Crippen LogP contribution in [0.25, 0.3) is 0 Å². The topological polar surface area (TPSA) is 85.3 Å². The van der Waals surface area contributed by atoms with Gasteiger partial charge in [0.15, 0.2) is 0 Å². The second-order valence-corrected chi connectivity index (χ2v) is 3.66. The number of primary amides is 1. The zero-order chi connectivity index (χ0) is 12.1. The van der Waals surface area contributed by atoms with Gasteiger partial charge in [-0.05, 0) is 19.4 Å². The van der Waals surface area contributed by atoms with Crippen molar-refractivity contribution in [3.8, 4) is 0 Å². The van der Waals surface area contributed by atoms with E-state index in [1.807, 2.05) is 6.92 Å². The maximum absolute atomic E-state index is 11.7. The van der Waals surface area contributed by atoms with Crippen molar-refractivity contribution >= 4 is 11.8 Å². The van der Waals surface area contributed by atoms with E-state index in [1.54, 1.807) is 13.0 Å². The quantitative estimate of drug-likeness (QED) is 0.781. The Bertz CT molecular complexity index is 384. The Morgan fingerprint density at radius 2 is 2.25 bits per heavy atom. The molecular formula is C11H16N2O3. The Balaban J connectivity index is 2.65. The minimum atomic E-state index is -0.618. The Hall–Kier alpha value is -1.78. The van der Waals surface area contributed by atoms with Gasteiger partial charge < -0.3 is 15.5 Å². The van der Waals surface area contributed by atoms with E-state index in [0.717, 1.165) is 6.42 Å². The Morgan fingerprint density at radius 1 is 1.56 bits per heavy atom. The van der Waals surface area contributed by atoms with E-state index in [-0.39, 0.29) is 5.91 Å². The molecule has 0 saturated heterocycles. The lowest BCUT2D eigenvalue weighted by atomic mass is 10.1. The number of rotatable bonds is 5. The molecule has 16 heavy (non-hydrogen) atoms. The molecule has 1 aromatic heterocycles. The number of nitrogens with two attached hydrogens (primary N) is 1. The van der Waals surface area contributed by atoms with Crippen LogP contribution in [0.2, 0.25) is 0 Å². The van der Waals surface area contributed by atoms with Gasteiger partial charge in [0.25, 0.3) is 5.91 Å². The van der Waals surface area contributed by atoms with Crippen molar-refractivity contribution in [1.82, 2.24) is 5.32 Å². The largest absolute Gasteiger partial charge is 0.469 e. The number of hydrogen-bond donors (Lipinski definition) is 2. The molecule has 0 bridgehead atoms. The molecule has 5 heteroatoms. The lowest BCUT2D eigenvalue weighted by Gasteiger charge is -2.13. The van der Waals surface area contributed by atoms with Crippen molar-refractivity contribution in [3.63, 3.8) is 0 Å². The summed E-state index contributed by atoms with van der Waals surface area (Å²) in [5, 5.41) is 2.57. The summed E-state index contributed by atoms with van der Waals surface area (Å²) in [6, 6.07) is 0.993. The molecule has 0 aromatic carbocycles. The molecule has 0 radical (unpaired) electrons. The molecule has 1 heterocycles. The molecule has 1 rings (SSSR count). The highest BCUT2D eigenvalue weighted by molar-refractivity contribution is 5.97. The third-order valence-electron chi connectivity index (χ3n) is 2.22. The van der Waals surface area contributed by atoms with Crippen LogP contribution in [-0.2, 0) is 4.79 Å². The molecule has 2 amide bonds. The van der Waals surface area contributed by atoms with Gasteiger partial charge in [-0.3, -0.25) is 9.59 Å². The van der Waals surface area contributed by atoms with E-state index in [4.69, 9.17) is 10.2 Å². The minimum absolute atomic E-state index is 0.339. The predicted octanol–water partition coefficient (Wildman–Crippen LogP) is 0.972. The molecule has 0 saturated carbocycles. The summed E-state index contributed by atoms with van der Waals surface area (Å²) in [4.78, 5) is 22.7. The van der Waals surface area contributed by atoms with Gasteiger partial charge in [0.2, 0.25) is 5.91 Å².